The Hall–Kier alpha value is -8.60. The molecule has 11 N–H and O–H groups in total. The minimum absolute atomic E-state index is 0.107. The van der Waals surface area contributed by atoms with E-state index in [2.05, 4.69) is 93.3 Å². The standard InChI is InChI=1S/C32H26FN7O2.C12H17BO3.C10H8BrN3O.C4H3Br2N3/c1-19(22-9-11-25(33)12-10-22)39-32(42)27-13-21(15-34)17-38-31(27)37-16-20-5-7-23(8-6-20)28-18-36-30(35)29(40-28)24-3-2-4-26(41)14-24;1-11(2)12(3,4)16-13(15-11)9-6-5-7-10(14)8-9;11-8-5-13-10(12)9(14-8)6-2-1-3-7(15)4-6;5-2-1-8-4(7)3(6)9-2/h2-14,17-19,41H,16H2,1H3,(H2,35,36)(H,37,38)(H,39,42);5-8,14H,1-4H3;1-5,15H,(H2,12,13);1H,(H2,7,8)/t19-;;;/m0.../s1. The van der Waals surface area contributed by atoms with Crippen molar-refractivity contribution in [3.8, 4) is 57.1 Å². The second-order valence-corrected chi connectivity index (χ2v) is 21.5. The van der Waals surface area contributed by atoms with Gasteiger partial charge < -0.3 is 52.5 Å². The number of carbonyl (C=O) groups is 1. The third kappa shape index (κ3) is 16.3. The summed E-state index contributed by atoms with van der Waals surface area (Å²) in [6, 6.07) is 37.0. The Morgan fingerprint density at radius 3 is 1.76 bits per heavy atom. The Morgan fingerprint density at radius 2 is 1.21 bits per heavy atom. The molecule has 5 aromatic carbocycles. The third-order valence-corrected chi connectivity index (χ3v) is 14.0. The number of phenolic OH excluding ortho intramolecular Hbond substituents is 3. The van der Waals surface area contributed by atoms with Crippen LogP contribution in [0.3, 0.4) is 0 Å². The van der Waals surface area contributed by atoms with Gasteiger partial charge in [0, 0.05) is 29.4 Å². The summed E-state index contributed by atoms with van der Waals surface area (Å²) < 4.78 is 26.9. The second-order valence-electron chi connectivity index (χ2n) is 19.1. The van der Waals surface area contributed by atoms with Gasteiger partial charge in [0.05, 0.1) is 52.7 Å². The van der Waals surface area contributed by atoms with Gasteiger partial charge in [-0.15, -0.1) is 0 Å². The van der Waals surface area contributed by atoms with E-state index >= 15 is 0 Å². The van der Waals surface area contributed by atoms with Crippen molar-refractivity contribution in [2.75, 3.05) is 22.5 Å². The maximum Gasteiger partial charge on any atom is 0.494 e. The van der Waals surface area contributed by atoms with Crippen LogP contribution >= 0.6 is 47.8 Å². The number of halogens is 4. The number of nitriles is 1. The van der Waals surface area contributed by atoms with Crippen LogP contribution in [0.15, 0.2) is 166 Å². The molecule has 0 unspecified atom stereocenters. The fraction of sp³-hybridized carbons (Fsp3) is 0.155. The topological polar surface area (TPSA) is 312 Å². The highest BCUT2D eigenvalue weighted by atomic mass is 79.9. The van der Waals surface area contributed by atoms with E-state index in [9.17, 15) is 29.8 Å². The number of nitrogens with one attached hydrogen (secondary N) is 2. The van der Waals surface area contributed by atoms with Crippen molar-refractivity contribution in [1.82, 2.24) is 40.2 Å². The SMILES string of the molecule is CC1(C)OB(c2cccc(O)c2)OC1(C)C.C[C@H](NC(=O)c1cc(C#N)cnc1NCc1ccc(-c2cnc(N)c(-c3cccc(O)c3)n2)cc1)c1ccc(F)cc1.Nc1ncc(Br)nc1-c1cccc(O)c1.Nc1ncc(Br)nc1Br. The van der Waals surface area contributed by atoms with E-state index in [1.54, 1.807) is 92.1 Å². The highest BCUT2D eigenvalue weighted by molar-refractivity contribution is 9.11. The Labute approximate surface area is 497 Å². The fourth-order valence-corrected chi connectivity index (χ4v) is 8.67. The molecule has 9 aromatic rings. The number of aromatic nitrogens is 7. The Kier molecular flexibility index (Phi) is 20.3. The first kappa shape index (κ1) is 61.0. The molecule has 0 spiro atoms. The summed E-state index contributed by atoms with van der Waals surface area (Å²) in [4.78, 5) is 42.3. The molecule has 5 heterocycles. The predicted octanol–water partition coefficient (Wildman–Crippen LogP) is 11.1. The Balaban J connectivity index is 0.000000195. The number of aromatic hydroxyl groups is 3. The number of nitrogens with two attached hydrogens (primary N) is 3. The highest BCUT2D eigenvalue weighted by Gasteiger charge is 2.51. The van der Waals surface area contributed by atoms with Gasteiger partial charge in [0.2, 0.25) is 0 Å². The average molecular weight is 1300 g/mol. The molecule has 1 amide bonds. The summed E-state index contributed by atoms with van der Waals surface area (Å²) in [6.45, 7) is 10.2. The number of hydrogen-bond donors (Lipinski definition) is 8. The van der Waals surface area contributed by atoms with E-state index in [4.69, 9.17) is 26.5 Å². The van der Waals surface area contributed by atoms with Crippen molar-refractivity contribution >= 4 is 89.5 Å². The molecule has 0 radical (unpaired) electrons. The molecule has 24 heteroatoms. The zero-order valence-corrected chi connectivity index (χ0v) is 49.4. The summed E-state index contributed by atoms with van der Waals surface area (Å²) in [6.07, 6.45) is 6.06. The number of nitrogen functional groups attached to an aromatic ring is 3. The van der Waals surface area contributed by atoms with E-state index < -0.39 is 19.1 Å². The molecule has 1 aliphatic rings. The molecule has 418 valence electrons. The lowest BCUT2D eigenvalue weighted by atomic mass is 9.79. The van der Waals surface area contributed by atoms with Crippen molar-refractivity contribution in [2.45, 2.75) is 58.4 Å². The molecular weight excluding hydrogens is 1240 g/mol. The van der Waals surface area contributed by atoms with Gasteiger partial charge in [-0.25, -0.2) is 39.3 Å². The number of nitrogens with zero attached hydrogens (tertiary/aromatic N) is 8. The van der Waals surface area contributed by atoms with Gasteiger partial charge in [0.25, 0.3) is 5.91 Å². The smallest absolute Gasteiger partial charge is 0.494 e. The van der Waals surface area contributed by atoms with E-state index in [-0.39, 0.29) is 51.2 Å². The number of pyridine rings is 1. The molecule has 1 atom stereocenters. The van der Waals surface area contributed by atoms with Gasteiger partial charge in [-0.3, -0.25) is 4.79 Å². The predicted molar refractivity (Wildman–Crippen MR) is 324 cm³/mol. The number of benzene rings is 5. The Morgan fingerprint density at radius 1 is 0.671 bits per heavy atom. The molecule has 1 fully saturated rings. The molecule has 0 aliphatic carbocycles. The van der Waals surface area contributed by atoms with Crippen LogP contribution in [0, 0.1) is 17.1 Å². The quantitative estimate of drug-likeness (QED) is 0.0590. The maximum absolute atomic E-state index is 13.3. The summed E-state index contributed by atoms with van der Waals surface area (Å²) in [5, 5.41) is 44.0. The summed E-state index contributed by atoms with van der Waals surface area (Å²) in [5.41, 5.74) is 23.2. The van der Waals surface area contributed by atoms with Crippen molar-refractivity contribution in [3.05, 3.63) is 194 Å². The largest absolute Gasteiger partial charge is 0.508 e. The summed E-state index contributed by atoms with van der Waals surface area (Å²) in [7, 11) is -0.405. The molecule has 1 saturated heterocycles. The zero-order valence-electron chi connectivity index (χ0n) is 44.7. The van der Waals surface area contributed by atoms with Crippen molar-refractivity contribution in [3.63, 3.8) is 0 Å². The van der Waals surface area contributed by atoms with Gasteiger partial charge in [-0.1, -0.05) is 72.8 Å². The first-order valence-corrected chi connectivity index (χ1v) is 27.2. The number of rotatable bonds is 10. The van der Waals surface area contributed by atoms with Crippen LogP contribution < -0.4 is 33.3 Å². The molecule has 0 saturated carbocycles. The van der Waals surface area contributed by atoms with Gasteiger partial charge in [-0.2, -0.15) is 5.26 Å². The lowest BCUT2D eigenvalue weighted by molar-refractivity contribution is 0.00578. The number of hydrogen-bond acceptors (Lipinski definition) is 18. The minimum atomic E-state index is -0.418. The van der Waals surface area contributed by atoms with Crippen LogP contribution in [0.1, 0.15) is 67.7 Å². The third-order valence-electron chi connectivity index (χ3n) is 12.6. The average Bonchev–Trinajstić information content (AvgIpc) is 3.92. The first-order valence-electron chi connectivity index (χ1n) is 24.9. The number of carbonyl (C=O) groups excluding carboxylic acids is 1. The van der Waals surface area contributed by atoms with Crippen LogP contribution in [0.2, 0.25) is 0 Å². The van der Waals surface area contributed by atoms with E-state index in [1.807, 2.05) is 70.2 Å². The Bertz CT molecular complexity index is 3740. The van der Waals surface area contributed by atoms with Crippen molar-refractivity contribution < 1.29 is 33.8 Å². The number of amides is 1. The fourth-order valence-electron chi connectivity index (χ4n) is 7.58. The van der Waals surface area contributed by atoms with E-state index in [0.717, 1.165) is 27.7 Å². The van der Waals surface area contributed by atoms with Crippen molar-refractivity contribution in [2.24, 2.45) is 0 Å². The zero-order chi connectivity index (χ0) is 59.3. The van der Waals surface area contributed by atoms with Crippen LogP contribution in [0.25, 0.3) is 33.8 Å². The first-order chi connectivity index (χ1) is 39.0. The number of anilines is 4. The van der Waals surface area contributed by atoms with Crippen LogP contribution in [0.5, 0.6) is 17.2 Å². The molecular formula is C58H54BBr3FN13O6. The normalized spacial score (nSPS) is 13.1. The number of phenols is 3. The highest BCUT2D eigenvalue weighted by Crippen LogP contribution is 2.37. The summed E-state index contributed by atoms with van der Waals surface area (Å²) in [5.74, 6) is 1.05. The van der Waals surface area contributed by atoms with Gasteiger partial charge in [0.1, 0.15) is 71.8 Å². The lowest BCUT2D eigenvalue weighted by Gasteiger charge is -2.32. The molecule has 82 heavy (non-hydrogen) atoms. The van der Waals surface area contributed by atoms with Gasteiger partial charge in [-0.05, 0) is 154 Å². The van der Waals surface area contributed by atoms with Gasteiger partial charge in [0.15, 0.2) is 5.82 Å². The van der Waals surface area contributed by atoms with Crippen LogP contribution in [-0.4, -0.2) is 74.4 Å². The van der Waals surface area contributed by atoms with E-state index in [1.165, 1.54) is 30.6 Å². The molecule has 1 aliphatic heterocycles. The van der Waals surface area contributed by atoms with Crippen molar-refractivity contribution in [1.29, 1.82) is 5.26 Å². The summed E-state index contributed by atoms with van der Waals surface area (Å²) >= 11 is 9.47. The van der Waals surface area contributed by atoms with Crippen LogP contribution in [0.4, 0.5) is 27.7 Å². The van der Waals surface area contributed by atoms with E-state index in [0.29, 0.717) is 60.5 Å². The van der Waals surface area contributed by atoms with Crippen LogP contribution in [-0.2, 0) is 15.9 Å². The second kappa shape index (κ2) is 27.2. The maximum atomic E-state index is 13.3. The van der Waals surface area contributed by atoms with Gasteiger partial charge >= 0.3 is 7.12 Å². The molecule has 4 aromatic heterocycles. The monoisotopic (exact) mass is 1300 g/mol. The molecule has 10 rings (SSSR count). The minimum Gasteiger partial charge on any atom is -0.508 e. The molecule has 0 bridgehead atoms. The molecule has 19 nitrogen and oxygen atoms in total. The lowest BCUT2D eigenvalue weighted by Crippen LogP contribution is -2.41.